The quantitative estimate of drug-likeness (QED) is 0.492. The van der Waals surface area contributed by atoms with Gasteiger partial charge in [-0.15, -0.1) is 25.5 Å². The second kappa shape index (κ2) is 10.8. The molecule has 0 N–H and O–H groups in total. The van der Waals surface area contributed by atoms with Gasteiger partial charge >= 0.3 is 27.0 Å². The van der Waals surface area contributed by atoms with Crippen LogP contribution in [0.1, 0.15) is 0 Å². The van der Waals surface area contributed by atoms with Gasteiger partial charge in [-0.2, -0.15) is 12.2 Å². The number of hydrazine groups is 2. The van der Waals surface area contributed by atoms with Crippen molar-refractivity contribution in [1.29, 1.82) is 0 Å². The molecule has 0 aromatic rings. The molecule has 0 aliphatic carbocycles. The van der Waals surface area contributed by atoms with Gasteiger partial charge < -0.3 is 17.4 Å². The SMILES string of the molecule is CN1C=C[CH-]N1C.CN1C=C[CH-]N1C.[CH3-].[Cl][Ru+3]. The summed E-state index contributed by atoms with van der Waals surface area (Å²) in [6.45, 7) is 4.00. The van der Waals surface area contributed by atoms with E-state index in [1.54, 1.807) is 0 Å². The molecule has 0 atom stereocenters. The summed E-state index contributed by atoms with van der Waals surface area (Å²) in [5, 5.41) is 8.00. The molecule has 0 saturated heterocycles. The number of nitrogens with zero attached hydrogens (tertiary/aromatic N) is 4. The monoisotopic (exact) mass is 346 g/mol. The van der Waals surface area contributed by atoms with Crippen molar-refractivity contribution in [2.75, 3.05) is 28.2 Å². The zero-order valence-electron chi connectivity index (χ0n) is 11.0. The van der Waals surface area contributed by atoms with Crippen LogP contribution in [0.2, 0.25) is 0 Å². The van der Waals surface area contributed by atoms with Gasteiger partial charge in [0.1, 0.15) is 0 Å². The third-order valence-corrected chi connectivity index (χ3v) is 2.20. The van der Waals surface area contributed by atoms with Gasteiger partial charge in [-0.3, -0.25) is 10.0 Å². The van der Waals surface area contributed by atoms with Crippen LogP contribution >= 0.6 is 9.69 Å². The molecule has 2 rings (SSSR count). The standard InChI is InChI=1S/2C5H9N2.CH3.ClH.Ru/c2*1-6-4-3-5-7(6)2;;;/h2*3-5H,1-2H3;1H3;1H;/q3*-1;;+4/p-1. The molecule has 17 heavy (non-hydrogen) atoms. The summed E-state index contributed by atoms with van der Waals surface area (Å²) in [5.74, 6) is 0. The molecule has 0 spiro atoms. The van der Waals surface area contributed by atoms with Crippen molar-refractivity contribution >= 4 is 9.69 Å². The van der Waals surface area contributed by atoms with Crippen molar-refractivity contribution in [2.45, 2.75) is 0 Å². The maximum atomic E-state index is 4.57. The predicted octanol–water partition coefficient (Wildman–Crippen LogP) is 2.05. The molecule has 0 aromatic carbocycles. The second-order valence-electron chi connectivity index (χ2n) is 3.28. The van der Waals surface area contributed by atoms with Crippen molar-refractivity contribution in [1.82, 2.24) is 20.0 Å². The van der Waals surface area contributed by atoms with Gasteiger partial charge in [0.25, 0.3) is 0 Å². The van der Waals surface area contributed by atoms with Crippen LogP contribution in [0.15, 0.2) is 24.6 Å². The molecule has 0 aromatic heterocycles. The molecule has 100 valence electrons. The Balaban J connectivity index is 0. The van der Waals surface area contributed by atoms with Crippen LogP contribution in [0.25, 0.3) is 0 Å². The van der Waals surface area contributed by atoms with E-state index in [2.05, 4.69) is 9.69 Å². The molecule has 0 fully saturated rings. The fraction of sp³-hybridized carbons (Fsp3) is 0.364. The average Bonchev–Trinajstić information content (AvgIpc) is 2.83. The summed E-state index contributed by atoms with van der Waals surface area (Å²) in [6.07, 6.45) is 8.00. The van der Waals surface area contributed by atoms with Gasteiger partial charge in [0.15, 0.2) is 0 Å². The molecule has 6 heteroatoms. The van der Waals surface area contributed by atoms with Gasteiger partial charge in [-0.05, 0) is 14.1 Å². The number of rotatable bonds is 0. The van der Waals surface area contributed by atoms with Gasteiger partial charge in [0, 0.05) is 14.1 Å². The first-order valence-corrected chi connectivity index (χ1v) is 6.93. The van der Waals surface area contributed by atoms with Crippen LogP contribution in [0.5, 0.6) is 0 Å². The minimum atomic E-state index is 0. The van der Waals surface area contributed by atoms with Crippen LogP contribution < -0.4 is 0 Å². The molecular formula is C11H21ClN4Ru. The first-order chi connectivity index (χ1) is 7.61. The molecule has 2 aliphatic heterocycles. The zero-order valence-corrected chi connectivity index (χ0v) is 13.5. The summed E-state index contributed by atoms with van der Waals surface area (Å²) in [5.41, 5.74) is 0. The molecule has 0 saturated carbocycles. The zero-order chi connectivity index (χ0) is 12.6. The summed E-state index contributed by atoms with van der Waals surface area (Å²) >= 11 is 1.82. The van der Waals surface area contributed by atoms with Crippen molar-refractivity contribution in [3.05, 3.63) is 45.1 Å². The number of halogens is 1. The van der Waals surface area contributed by atoms with E-state index in [9.17, 15) is 0 Å². The van der Waals surface area contributed by atoms with Gasteiger partial charge in [-0.1, -0.05) is 0 Å². The molecule has 2 aliphatic rings. The fourth-order valence-electron chi connectivity index (χ4n) is 0.996. The normalized spacial score (nSPS) is 17.2. The third kappa shape index (κ3) is 7.55. The minimum absolute atomic E-state index is 0. The predicted molar refractivity (Wildman–Crippen MR) is 70.2 cm³/mol. The van der Waals surface area contributed by atoms with Crippen LogP contribution in [0, 0.1) is 20.5 Å². The van der Waals surface area contributed by atoms with Gasteiger partial charge in [0.2, 0.25) is 0 Å². The van der Waals surface area contributed by atoms with E-state index in [-0.39, 0.29) is 7.43 Å². The average molecular weight is 346 g/mol. The molecule has 4 nitrogen and oxygen atoms in total. The summed E-state index contributed by atoms with van der Waals surface area (Å²) in [6, 6.07) is 0. The van der Waals surface area contributed by atoms with Crippen LogP contribution in [0.4, 0.5) is 0 Å². The third-order valence-electron chi connectivity index (χ3n) is 2.20. The van der Waals surface area contributed by atoms with E-state index in [1.807, 2.05) is 103 Å². The maximum absolute atomic E-state index is 4.57. The van der Waals surface area contributed by atoms with E-state index in [1.165, 1.54) is 0 Å². The van der Waals surface area contributed by atoms with Crippen LogP contribution in [-0.2, 0) is 17.3 Å². The summed E-state index contributed by atoms with van der Waals surface area (Å²) in [4.78, 5) is 0. The van der Waals surface area contributed by atoms with Gasteiger partial charge in [-0.25, -0.2) is 0 Å². The first-order valence-electron chi connectivity index (χ1n) is 4.69. The van der Waals surface area contributed by atoms with E-state index in [0.717, 1.165) is 0 Å². The van der Waals surface area contributed by atoms with Crippen molar-refractivity contribution < 1.29 is 17.3 Å². The van der Waals surface area contributed by atoms with Crippen LogP contribution in [0.3, 0.4) is 0 Å². The summed E-state index contributed by atoms with van der Waals surface area (Å²) < 4.78 is 0. The molecule has 0 unspecified atom stereocenters. The Labute approximate surface area is 120 Å². The molecule has 2 heterocycles. The van der Waals surface area contributed by atoms with Crippen molar-refractivity contribution in [3.8, 4) is 0 Å². The Morgan fingerprint density at radius 3 is 1.18 bits per heavy atom. The molecule has 0 radical (unpaired) electrons. The first kappa shape index (κ1) is 19.0. The Kier molecular flexibility index (Phi) is 12.1. The topological polar surface area (TPSA) is 13.0 Å². The van der Waals surface area contributed by atoms with E-state index < -0.39 is 0 Å². The van der Waals surface area contributed by atoms with Crippen molar-refractivity contribution in [2.24, 2.45) is 0 Å². The second-order valence-corrected chi connectivity index (χ2v) is 3.28. The molecule has 0 amide bonds. The molecular weight excluding hydrogens is 325 g/mol. The molecule has 0 bridgehead atoms. The number of likely N-dealkylation sites (N-methyl/N-ethyl adjacent to an activating group) is 2. The van der Waals surface area contributed by atoms with Crippen LogP contribution in [-0.4, -0.2) is 48.2 Å². The Morgan fingerprint density at radius 2 is 1.12 bits per heavy atom. The number of hydrogen-bond acceptors (Lipinski definition) is 4. The number of hydrogen-bond donors (Lipinski definition) is 0. The van der Waals surface area contributed by atoms with Crippen molar-refractivity contribution in [3.63, 3.8) is 0 Å². The van der Waals surface area contributed by atoms with E-state index in [0.29, 0.717) is 0 Å². The van der Waals surface area contributed by atoms with Gasteiger partial charge in [0.05, 0.1) is 0 Å². The van der Waals surface area contributed by atoms with E-state index in [4.69, 9.17) is 0 Å². The fourth-order valence-corrected chi connectivity index (χ4v) is 0.996. The Bertz CT molecular complexity index is 212. The summed E-state index contributed by atoms with van der Waals surface area (Å²) in [7, 11) is 12.6. The van der Waals surface area contributed by atoms with E-state index >= 15 is 0 Å². The Morgan fingerprint density at radius 1 is 0.824 bits per heavy atom. The Hall–Kier alpha value is -0.347.